The van der Waals surface area contributed by atoms with E-state index < -0.39 is 11.9 Å². The Bertz CT molecular complexity index is 1050. The molecular formula is C24H28N2O5S. The van der Waals surface area contributed by atoms with Gasteiger partial charge in [0, 0.05) is 4.88 Å². The van der Waals surface area contributed by atoms with Crippen LogP contribution in [0.4, 0.5) is 5.00 Å². The summed E-state index contributed by atoms with van der Waals surface area (Å²) in [6, 6.07) is 7.13. The fourth-order valence-electron chi connectivity index (χ4n) is 2.98. The second-order valence-corrected chi connectivity index (χ2v) is 8.29. The van der Waals surface area contributed by atoms with Crippen LogP contribution in [0.5, 0.6) is 11.5 Å². The van der Waals surface area contributed by atoms with E-state index in [9.17, 15) is 14.9 Å². The van der Waals surface area contributed by atoms with Crippen molar-refractivity contribution in [3.8, 4) is 17.6 Å². The number of carbonyl (C=O) groups excluding carboxylic acids is 2. The number of methoxy groups -OCH3 is 2. The first-order valence-corrected chi connectivity index (χ1v) is 11.1. The molecule has 0 aliphatic rings. The van der Waals surface area contributed by atoms with Crippen LogP contribution in [0, 0.1) is 25.2 Å². The smallest absolute Gasteiger partial charge is 0.341 e. The molecule has 0 saturated carbocycles. The van der Waals surface area contributed by atoms with Gasteiger partial charge in [0.25, 0.3) is 5.91 Å². The van der Waals surface area contributed by atoms with Crippen LogP contribution in [0.1, 0.15) is 52.5 Å². The molecule has 1 heterocycles. The van der Waals surface area contributed by atoms with E-state index in [0.717, 1.165) is 29.7 Å². The summed E-state index contributed by atoms with van der Waals surface area (Å²) in [5.74, 6) is -0.0249. The Balaban J connectivity index is 2.24. The number of esters is 1. The summed E-state index contributed by atoms with van der Waals surface area (Å²) < 4.78 is 16.0. The van der Waals surface area contributed by atoms with Gasteiger partial charge in [-0.25, -0.2) is 4.79 Å². The molecule has 2 aromatic rings. The Morgan fingerprint density at radius 1 is 1.19 bits per heavy atom. The quantitative estimate of drug-likeness (QED) is 0.226. The molecule has 0 fully saturated rings. The SMILES string of the molecule is CCCCCOc1ccc(C=C(C#N)C(=O)Nc2sc(C)c(C)c2C(=O)OC)cc1OC. The molecule has 1 aromatic carbocycles. The van der Waals surface area contributed by atoms with Crippen LogP contribution in [0.2, 0.25) is 0 Å². The molecule has 32 heavy (non-hydrogen) atoms. The van der Waals surface area contributed by atoms with Gasteiger partial charge < -0.3 is 19.5 Å². The van der Waals surface area contributed by atoms with Gasteiger partial charge in [-0.05, 0) is 49.6 Å². The number of nitrogens with zero attached hydrogens (tertiary/aromatic N) is 1. The second-order valence-electron chi connectivity index (χ2n) is 7.07. The third kappa shape index (κ3) is 6.11. The lowest BCUT2D eigenvalue weighted by molar-refractivity contribution is -0.112. The molecule has 0 aliphatic carbocycles. The van der Waals surface area contributed by atoms with Crippen LogP contribution in [0.25, 0.3) is 6.08 Å². The maximum absolute atomic E-state index is 12.8. The molecule has 0 unspecified atom stereocenters. The van der Waals surface area contributed by atoms with Crippen LogP contribution in [0.3, 0.4) is 0 Å². The van der Waals surface area contributed by atoms with Crippen LogP contribution in [-0.4, -0.2) is 32.7 Å². The first-order valence-electron chi connectivity index (χ1n) is 10.3. The van der Waals surface area contributed by atoms with E-state index in [-0.39, 0.29) is 5.57 Å². The summed E-state index contributed by atoms with van der Waals surface area (Å²) in [5.41, 5.74) is 1.54. The molecule has 170 valence electrons. The molecule has 0 bridgehead atoms. The average molecular weight is 457 g/mol. The van der Waals surface area contributed by atoms with Gasteiger partial charge in [0.05, 0.1) is 26.4 Å². The van der Waals surface area contributed by atoms with Gasteiger partial charge in [-0.1, -0.05) is 25.8 Å². The summed E-state index contributed by atoms with van der Waals surface area (Å²) >= 11 is 1.26. The maximum Gasteiger partial charge on any atom is 0.341 e. The average Bonchev–Trinajstić information content (AvgIpc) is 3.07. The summed E-state index contributed by atoms with van der Waals surface area (Å²) in [5, 5.41) is 12.6. The van der Waals surface area contributed by atoms with Crippen molar-refractivity contribution in [3.63, 3.8) is 0 Å². The third-order valence-electron chi connectivity index (χ3n) is 4.87. The number of benzene rings is 1. The number of hydrogen-bond donors (Lipinski definition) is 1. The normalized spacial score (nSPS) is 10.9. The van der Waals surface area contributed by atoms with Crippen molar-refractivity contribution in [2.24, 2.45) is 0 Å². The van der Waals surface area contributed by atoms with Gasteiger partial charge in [-0.3, -0.25) is 4.79 Å². The molecule has 0 atom stereocenters. The van der Waals surface area contributed by atoms with E-state index >= 15 is 0 Å². The molecule has 2 rings (SSSR count). The van der Waals surface area contributed by atoms with E-state index in [1.807, 2.05) is 13.0 Å². The standard InChI is InChI=1S/C24H28N2O5S/c1-6-7-8-11-31-19-10-9-17(13-20(19)29-4)12-18(14-25)22(27)26-23-21(24(28)30-5)15(2)16(3)32-23/h9-10,12-13H,6-8,11H2,1-5H3,(H,26,27). The van der Waals surface area contributed by atoms with Crippen LogP contribution >= 0.6 is 11.3 Å². The Kier molecular flexibility index (Phi) is 9.29. The first-order chi connectivity index (χ1) is 15.4. The van der Waals surface area contributed by atoms with E-state index in [0.29, 0.717) is 34.2 Å². The van der Waals surface area contributed by atoms with Crippen molar-refractivity contribution >= 4 is 34.3 Å². The number of nitriles is 1. The van der Waals surface area contributed by atoms with Crippen LogP contribution in [0.15, 0.2) is 23.8 Å². The van der Waals surface area contributed by atoms with Gasteiger partial charge >= 0.3 is 5.97 Å². The van der Waals surface area contributed by atoms with E-state index in [2.05, 4.69) is 12.2 Å². The van der Waals surface area contributed by atoms with Gasteiger partial charge in [0.1, 0.15) is 16.6 Å². The highest BCUT2D eigenvalue weighted by molar-refractivity contribution is 7.16. The Labute approximate surface area is 192 Å². The number of anilines is 1. The van der Waals surface area contributed by atoms with Crippen molar-refractivity contribution < 1.29 is 23.8 Å². The van der Waals surface area contributed by atoms with Crippen LogP contribution in [-0.2, 0) is 9.53 Å². The molecule has 8 heteroatoms. The summed E-state index contributed by atoms with van der Waals surface area (Å²) in [6.45, 7) is 6.35. The molecule has 0 radical (unpaired) electrons. The van der Waals surface area contributed by atoms with Crippen LogP contribution < -0.4 is 14.8 Å². The Hall–Kier alpha value is -3.31. The van der Waals surface area contributed by atoms with E-state index in [4.69, 9.17) is 14.2 Å². The summed E-state index contributed by atoms with van der Waals surface area (Å²) in [4.78, 5) is 25.8. The Morgan fingerprint density at radius 2 is 1.94 bits per heavy atom. The van der Waals surface area contributed by atoms with Crippen molar-refractivity contribution in [1.29, 1.82) is 5.26 Å². The zero-order valence-corrected chi connectivity index (χ0v) is 19.9. The minimum atomic E-state index is -0.613. The number of unbranched alkanes of at least 4 members (excludes halogenated alkanes) is 2. The molecule has 0 saturated heterocycles. The van der Waals surface area contributed by atoms with E-state index in [1.165, 1.54) is 31.6 Å². The number of amides is 1. The monoisotopic (exact) mass is 456 g/mol. The second kappa shape index (κ2) is 11.9. The minimum absolute atomic E-state index is 0.108. The summed E-state index contributed by atoms with van der Waals surface area (Å²) in [6.07, 6.45) is 4.61. The zero-order valence-electron chi connectivity index (χ0n) is 19.0. The lowest BCUT2D eigenvalue weighted by atomic mass is 10.1. The van der Waals surface area contributed by atoms with Gasteiger partial charge in [-0.2, -0.15) is 5.26 Å². The molecule has 1 amide bonds. The first kappa shape index (κ1) is 25.0. The van der Waals surface area contributed by atoms with Crippen molar-refractivity contribution in [1.82, 2.24) is 0 Å². The zero-order chi connectivity index (χ0) is 23.7. The fourth-order valence-corrected chi connectivity index (χ4v) is 4.02. The highest BCUT2D eigenvalue weighted by atomic mass is 32.1. The minimum Gasteiger partial charge on any atom is -0.493 e. The third-order valence-corrected chi connectivity index (χ3v) is 5.99. The molecule has 1 aromatic heterocycles. The number of hydrogen-bond acceptors (Lipinski definition) is 7. The molecule has 0 spiro atoms. The predicted molar refractivity (Wildman–Crippen MR) is 125 cm³/mol. The van der Waals surface area contributed by atoms with Crippen molar-refractivity contribution in [2.75, 3.05) is 26.1 Å². The number of aryl methyl sites for hydroxylation is 1. The lowest BCUT2D eigenvalue weighted by Gasteiger charge is -2.11. The number of nitrogens with one attached hydrogen (secondary N) is 1. The van der Waals surface area contributed by atoms with Gasteiger partial charge in [0.15, 0.2) is 11.5 Å². The molecule has 7 nitrogen and oxygen atoms in total. The predicted octanol–water partition coefficient (Wildman–Crippen LogP) is 5.27. The molecule has 1 N–H and O–H groups in total. The largest absolute Gasteiger partial charge is 0.493 e. The lowest BCUT2D eigenvalue weighted by Crippen LogP contribution is -2.15. The number of carbonyl (C=O) groups is 2. The molecule has 0 aliphatic heterocycles. The summed E-state index contributed by atoms with van der Waals surface area (Å²) in [7, 11) is 2.82. The molecular weight excluding hydrogens is 428 g/mol. The topological polar surface area (TPSA) is 97.7 Å². The van der Waals surface area contributed by atoms with Gasteiger partial charge in [0.2, 0.25) is 0 Å². The highest BCUT2D eigenvalue weighted by Gasteiger charge is 2.22. The number of thiophene rings is 1. The highest BCUT2D eigenvalue weighted by Crippen LogP contribution is 2.33. The fraction of sp³-hybridized carbons (Fsp3) is 0.375. The Morgan fingerprint density at radius 3 is 2.56 bits per heavy atom. The maximum atomic E-state index is 12.8. The number of ether oxygens (including phenoxy) is 3. The van der Waals surface area contributed by atoms with Gasteiger partial charge in [-0.15, -0.1) is 11.3 Å². The van der Waals surface area contributed by atoms with Crippen molar-refractivity contribution in [3.05, 3.63) is 45.3 Å². The van der Waals surface area contributed by atoms with E-state index in [1.54, 1.807) is 25.1 Å². The van der Waals surface area contributed by atoms with Crippen molar-refractivity contribution in [2.45, 2.75) is 40.0 Å². The number of rotatable bonds is 10.